The molecule has 0 atom stereocenters. The van der Waals surface area contributed by atoms with Gasteiger partial charge in [-0.25, -0.2) is 0 Å². The average molecular weight is 421 g/mol. The van der Waals surface area contributed by atoms with Crippen molar-refractivity contribution in [2.75, 3.05) is 5.43 Å². The lowest BCUT2D eigenvalue weighted by Crippen LogP contribution is -1.98. The Labute approximate surface area is 179 Å². The molecule has 0 unspecified atom stereocenters. The molecule has 8 heteroatoms. The van der Waals surface area contributed by atoms with Crippen LogP contribution in [0.1, 0.15) is 96.8 Å². The molecule has 0 heterocycles. The number of anilines is 1. The molecule has 0 aliphatic heterocycles. The predicted octanol–water partition coefficient (Wildman–Crippen LogP) is 7.38. The highest BCUT2D eigenvalue weighted by Crippen LogP contribution is 2.28. The summed E-state index contributed by atoms with van der Waals surface area (Å²) in [6, 6.07) is 3.46. The smallest absolute Gasteiger partial charge is 0.272 e. The van der Waals surface area contributed by atoms with Gasteiger partial charge in [-0.1, -0.05) is 84.0 Å². The number of benzene rings is 1. The summed E-state index contributed by atoms with van der Waals surface area (Å²) in [6.07, 6.45) is 19.4. The van der Waals surface area contributed by atoms with E-state index in [4.69, 9.17) is 0 Å². The van der Waals surface area contributed by atoms with E-state index in [0.717, 1.165) is 25.3 Å². The summed E-state index contributed by atoms with van der Waals surface area (Å²) in [7, 11) is 0. The summed E-state index contributed by atoms with van der Waals surface area (Å²) in [5.41, 5.74) is 2.08. The highest BCUT2D eigenvalue weighted by atomic mass is 16.6. The molecule has 1 N–H and O–H groups in total. The fourth-order valence-corrected chi connectivity index (χ4v) is 3.31. The van der Waals surface area contributed by atoms with Crippen LogP contribution >= 0.6 is 0 Å². The normalized spacial score (nSPS) is 11.1. The van der Waals surface area contributed by atoms with E-state index in [0.29, 0.717) is 0 Å². The molecule has 0 aliphatic carbocycles. The number of unbranched alkanes of at least 4 members (excludes halogenated alkanes) is 13. The Bertz CT molecular complexity index is 665. The number of rotatable bonds is 18. The zero-order valence-electron chi connectivity index (χ0n) is 18.2. The van der Waals surface area contributed by atoms with Gasteiger partial charge >= 0.3 is 5.69 Å². The number of hydrogen-bond acceptors (Lipinski definition) is 6. The molecule has 0 spiro atoms. The van der Waals surface area contributed by atoms with Crippen LogP contribution in [0.25, 0.3) is 0 Å². The van der Waals surface area contributed by atoms with Gasteiger partial charge in [0.1, 0.15) is 5.69 Å². The van der Waals surface area contributed by atoms with Crippen LogP contribution in [-0.2, 0) is 0 Å². The Morgan fingerprint density at radius 1 is 0.833 bits per heavy atom. The minimum Gasteiger partial charge on any atom is -0.272 e. The number of hydrogen-bond donors (Lipinski definition) is 1. The van der Waals surface area contributed by atoms with Crippen LogP contribution in [0.5, 0.6) is 0 Å². The molecule has 0 saturated heterocycles. The van der Waals surface area contributed by atoms with E-state index in [1.807, 2.05) is 0 Å². The topological polar surface area (TPSA) is 111 Å². The van der Waals surface area contributed by atoms with Crippen molar-refractivity contribution in [3.8, 4) is 0 Å². The average Bonchev–Trinajstić information content (AvgIpc) is 2.73. The van der Waals surface area contributed by atoms with Crippen molar-refractivity contribution in [2.45, 2.75) is 96.8 Å². The van der Waals surface area contributed by atoms with Gasteiger partial charge < -0.3 is 0 Å². The molecule has 1 rings (SSSR count). The maximum Gasteiger partial charge on any atom is 0.301 e. The first-order valence-corrected chi connectivity index (χ1v) is 11.3. The van der Waals surface area contributed by atoms with E-state index < -0.39 is 9.85 Å². The van der Waals surface area contributed by atoms with E-state index in [1.165, 1.54) is 82.8 Å². The maximum atomic E-state index is 11.1. The number of hydrazone groups is 1. The van der Waals surface area contributed by atoms with Gasteiger partial charge in [-0.05, 0) is 18.9 Å². The Balaban J connectivity index is 2.07. The zero-order valence-corrected chi connectivity index (χ0v) is 18.2. The van der Waals surface area contributed by atoms with E-state index in [1.54, 1.807) is 6.21 Å². The van der Waals surface area contributed by atoms with Crippen molar-refractivity contribution < 1.29 is 9.85 Å². The molecule has 0 aromatic heterocycles. The molecule has 0 amide bonds. The molecular formula is C22H36N4O4. The minimum atomic E-state index is -0.658. The highest BCUT2D eigenvalue weighted by Gasteiger charge is 2.18. The Morgan fingerprint density at radius 3 is 1.87 bits per heavy atom. The number of nitrogens with one attached hydrogen (secondary N) is 1. The predicted molar refractivity (Wildman–Crippen MR) is 122 cm³/mol. The summed E-state index contributed by atoms with van der Waals surface area (Å²) in [6.45, 7) is 2.25. The second-order valence-corrected chi connectivity index (χ2v) is 7.67. The standard InChI is InChI=1S/C22H36N4O4/c1-2-3-4-5-6-7-8-9-10-11-12-13-14-15-18-23-24-21-17-16-20(25(27)28)19-22(21)26(29)30/h16-19,24H,2-15H2,1H3/b23-18+. The number of non-ortho nitro benzene ring substituents is 1. The van der Waals surface area contributed by atoms with Crippen molar-refractivity contribution >= 4 is 23.3 Å². The van der Waals surface area contributed by atoms with E-state index >= 15 is 0 Å². The molecular weight excluding hydrogens is 384 g/mol. The first-order chi connectivity index (χ1) is 14.6. The van der Waals surface area contributed by atoms with Crippen LogP contribution in [0.2, 0.25) is 0 Å². The van der Waals surface area contributed by atoms with Gasteiger partial charge in [-0.2, -0.15) is 5.10 Å². The molecule has 168 valence electrons. The summed E-state index contributed by atoms with van der Waals surface area (Å²) < 4.78 is 0. The van der Waals surface area contributed by atoms with Crippen LogP contribution in [0.3, 0.4) is 0 Å². The van der Waals surface area contributed by atoms with Gasteiger partial charge in [0.2, 0.25) is 0 Å². The van der Waals surface area contributed by atoms with Gasteiger partial charge in [0, 0.05) is 12.3 Å². The second-order valence-electron chi connectivity index (χ2n) is 7.67. The second kappa shape index (κ2) is 16.3. The lowest BCUT2D eigenvalue weighted by Gasteiger charge is -2.03. The fraction of sp³-hybridized carbons (Fsp3) is 0.682. The number of nitrogens with zero attached hydrogens (tertiary/aromatic N) is 3. The molecule has 8 nitrogen and oxygen atoms in total. The Hall–Kier alpha value is -2.51. The minimum absolute atomic E-state index is 0.146. The monoisotopic (exact) mass is 420 g/mol. The van der Waals surface area contributed by atoms with Crippen molar-refractivity contribution in [3.05, 3.63) is 38.4 Å². The van der Waals surface area contributed by atoms with Crippen molar-refractivity contribution in [3.63, 3.8) is 0 Å². The highest BCUT2D eigenvalue weighted by molar-refractivity contribution is 5.67. The quantitative estimate of drug-likeness (QED) is 0.115. The molecule has 0 fully saturated rings. The number of nitro benzene ring substituents is 2. The van der Waals surface area contributed by atoms with Crippen LogP contribution < -0.4 is 5.43 Å². The third-order valence-electron chi connectivity index (χ3n) is 5.10. The summed E-state index contributed by atoms with van der Waals surface area (Å²) in [5, 5.41) is 25.8. The maximum absolute atomic E-state index is 11.1. The molecule has 1 aromatic rings. The Kier molecular flexibility index (Phi) is 13.9. The first-order valence-electron chi connectivity index (χ1n) is 11.3. The van der Waals surface area contributed by atoms with Crippen molar-refractivity contribution in [1.29, 1.82) is 0 Å². The van der Waals surface area contributed by atoms with Crippen LogP contribution in [0, 0.1) is 20.2 Å². The van der Waals surface area contributed by atoms with E-state index in [2.05, 4.69) is 17.5 Å². The molecule has 30 heavy (non-hydrogen) atoms. The van der Waals surface area contributed by atoms with Gasteiger partial charge in [0.05, 0.1) is 15.9 Å². The van der Waals surface area contributed by atoms with Crippen LogP contribution in [0.15, 0.2) is 23.3 Å². The lowest BCUT2D eigenvalue weighted by molar-refractivity contribution is -0.393. The van der Waals surface area contributed by atoms with Gasteiger partial charge in [0.25, 0.3) is 5.69 Å². The van der Waals surface area contributed by atoms with Crippen molar-refractivity contribution in [1.82, 2.24) is 0 Å². The van der Waals surface area contributed by atoms with E-state index in [-0.39, 0.29) is 17.1 Å². The summed E-state index contributed by atoms with van der Waals surface area (Å²) in [5.74, 6) is 0. The third-order valence-corrected chi connectivity index (χ3v) is 5.10. The number of nitro groups is 2. The third kappa shape index (κ3) is 11.5. The first kappa shape index (κ1) is 25.5. The van der Waals surface area contributed by atoms with Gasteiger partial charge in [-0.15, -0.1) is 0 Å². The summed E-state index contributed by atoms with van der Waals surface area (Å²) >= 11 is 0. The summed E-state index contributed by atoms with van der Waals surface area (Å²) in [4.78, 5) is 20.5. The van der Waals surface area contributed by atoms with Crippen molar-refractivity contribution in [2.24, 2.45) is 5.10 Å². The van der Waals surface area contributed by atoms with Crippen LogP contribution in [0.4, 0.5) is 17.1 Å². The SMILES string of the molecule is CCCCCCCCCCCCCCC/C=N/Nc1ccc([N+](=O)[O-])cc1[N+](=O)[O-]. The molecule has 0 radical (unpaired) electrons. The largest absolute Gasteiger partial charge is 0.301 e. The Morgan fingerprint density at radius 2 is 1.37 bits per heavy atom. The molecule has 0 aliphatic rings. The van der Waals surface area contributed by atoms with Gasteiger partial charge in [0.15, 0.2) is 0 Å². The molecule has 1 aromatic carbocycles. The molecule has 0 saturated carbocycles. The van der Waals surface area contributed by atoms with E-state index in [9.17, 15) is 20.2 Å². The fourth-order valence-electron chi connectivity index (χ4n) is 3.31. The van der Waals surface area contributed by atoms with Gasteiger partial charge in [-0.3, -0.25) is 25.7 Å². The lowest BCUT2D eigenvalue weighted by atomic mass is 10.0. The van der Waals surface area contributed by atoms with Crippen LogP contribution in [-0.4, -0.2) is 16.1 Å². The molecule has 0 bridgehead atoms. The zero-order chi connectivity index (χ0) is 22.0.